The standard InChI is InChI=1S/C11H16F3N5O/c12-11(13,14)10(20)3-1-6-19(7-4-10)8-2-5-16-9(17-8)18-15/h2,5,20H,1,3-4,6-7,15H2,(H,16,17,18). The predicted octanol–water partition coefficient (Wildman–Crippen LogP) is 1.05. The van der Waals surface area contributed by atoms with Crippen LogP contribution in [0.2, 0.25) is 0 Å². The van der Waals surface area contributed by atoms with Gasteiger partial charge in [0, 0.05) is 25.7 Å². The zero-order chi connectivity index (χ0) is 14.8. The Bertz CT molecular complexity index is 470. The van der Waals surface area contributed by atoms with Crippen LogP contribution >= 0.6 is 0 Å². The topological polar surface area (TPSA) is 87.3 Å². The summed E-state index contributed by atoms with van der Waals surface area (Å²) in [5.41, 5.74) is -0.337. The second kappa shape index (κ2) is 5.41. The fraction of sp³-hybridized carbons (Fsp3) is 0.636. The van der Waals surface area contributed by atoms with Crippen LogP contribution in [0, 0.1) is 0 Å². The Labute approximate surface area is 113 Å². The van der Waals surface area contributed by atoms with Crippen LogP contribution in [0.25, 0.3) is 0 Å². The fourth-order valence-corrected chi connectivity index (χ4v) is 2.23. The van der Waals surface area contributed by atoms with Gasteiger partial charge in [-0.05, 0) is 18.9 Å². The van der Waals surface area contributed by atoms with E-state index in [0.717, 1.165) is 0 Å². The number of nitrogens with two attached hydrogens (primary N) is 1. The third kappa shape index (κ3) is 2.93. The molecule has 0 saturated carbocycles. The van der Waals surface area contributed by atoms with Gasteiger partial charge in [0.25, 0.3) is 0 Å². The molecule has 20 heavy (non-hydrogen) atoms. The van der Waals surface area contributed by atoms with Crippen molar-refractivity contribution in [2.24, 2.45) is 5.84 Å². The third-order valence-electron chi connectivity index (χ3n) is 3.44. The van der Waals surface area contributed by atoms with Crippen LogP contribution < -0.4 is 16.2 Å². The molecule has 1 aromatic heterocycles. The molecule has 1 aromatic rings. The molecule has 0 aromatic carbocycles. The highest BCUT2D eigenvalue weighted by Crippen LogP contribution is 2.38. The Hall–Kier alpha value is -1.61. The molecule has 0 radical (unpaired) electrons. The summed E-state index contributed by atoms with van der Waals surface area (Å²) >= 11 is 0. The van der Waals surface area contributed by atoms with Crippen LogP contribution in [0.4, 0.5) is 24.9 Å². The van der Waals surface area contributed by atoms with Gasteiger partial charge in [0.05, 0.1) is 0 Å². The monoisotopic (exact) mass is 291 g/mol. The number of anilines is 2. The number of rotatable bonds is 2. The zero-order valence-electron chi connectivity index (χ0n) is 10.7. The molecule has 9 heteroatoms. The van der Waals surface area contributed by atoms with Gasteiger partial charge in [0.2, 0.25) is 5.95 Å². The number of nitrogen functional groups attached to an aromatic ring is 1. The van der Waals surface area contributed by atoms with Crippen molar-refractivity contribution in [3.05, 3.63) is 12.3 Å². The first-order valence-electron chi connectivity index (χ1n) is 6.19. The van der Waals surface area contributed by atoms with Crippen molar-refractivity contribution in [3.8, 4) is 0 Å². The lowest BCUT2D eigenvalue weighted by molar-refractivity contribution is -0.263. The molecule has 2 rings (SSSR count). The number of nitrogens with zero attached hydrogens (tertiary/aromatic N) is 3. The average molecular weight is 291 g/mol. The van der Waals surface area contributed by atoms with Gasteiger partial charge >= 0.3 is 6.18 Å². The van der Waals surface area contributed by atoms with Gasteiger partial charge < -0.3 is 10.0 Å². The summed E-state index contributed by atoms with van der Waals surface area (Å²) in [5.74, 6) is 5.87. The maximum atomic E-state index is 12.8. The van der Waals surface area contributed by atoms with E-state index in [0.29, 0.717) is 12.4 Å². The molecule has 1 fully saturated rings. The van der Waals surface area contributed by atoms with Crippen molar-refractivity contribution < 1.29 is 18.3 Å². The summed E-state index contributed by atoms with van der Waals surface area (Å²) in [5, 5.41) is 9.74. The van der Waals surface area contributed by atoms with E-state index in [1.807, 2.05) is 0 Å². The van der Waals surface area contributed by atoms with Crippen LogP contribution in [-0.4, -0.2) is 39.9 Å². The van der Waals surface area contributed by atoms with Crippen LogP contribution in [0.5, 0.6) is 0 Å². The van der Waals surface area contributed by atoms with Crippen LogP contribution in [0.1, 0.15) is 19.3 Å². The van der Waals surface area contributed by atoms with Gasteiger partial charge in [-0.25, -0.2) is 10.8 Å². The van der Waals surface area contributed by atoms with Crippen molar-refractivity contribution in [2.45, 2.75) is 31.0 Å². The van der Waals surface area contributed by atoms with E-state index in [4.69, 9.17) is 5.84 Å². The quantitative estimate of drug-likeness (QED) is 0.557. The summed E-state index contributed by atoms with van der Waals surface area (Å²) < 4.78 is 38.5. The van der Waals surface area contributed by atoms with Gasteiger partial charge in [-0.15, -0.1) is 0 Å². The lowest BCUT2D eigenvalue weighted by Gasteiger charge is -2.29. The third-order valence-corrected chi connectivity index (χ3v) is 3.44. The van der Waals surface area contributed by atoms with Gasteiger partial charge in [0.15, 0.2) is 5.60 Å². The Balaban J connectivity index is 2.13. The second-order valence-corrected chi connectivity index (χ2v) is 4.75. The molecule has 1 aliphatic rings. The summed E-state index contributed by atoms with van der Waals surface area (Å²) in [6.07, 6.45) is -3.60. The van der Waals surface area contributed by atoms with E-state index < -0.39 is 11.8 Å². The van der Waals surface area contributed by atoms with Crippen molar-refractivity contribution in [1.82, 2.24) is 9.97 Å². The minimum Gasteiger partial charge on any atom is -0.380 e. The maximum absolute atomic E-state index is 12.8. The Morgan fingerprint density at radius 2 is 2.10 bits per heavy atom. The Kier molecular flexibility index (Phi) is 4.00. The molecule has 112 valence electrons. The molecule has 6 nitrogen and oxygen atoms in total. The Morgan fingerprint density at radius 1 is 1.35 bits per heavy atom. The van der Waals surface area contributed by atoms with Crippen LogP contribution in [-0.2, 0) is 0 Å². The van der Waals surface area contributed by atoms with E-state index in [2.05, 4.69) is 15.4 Å². The molecule has 4 N–H and O–H groups in total. The highest BCUT2D eigenvalue weighted by Gasteiger charge is 2.53. The van der Waals surface area contributed by atoms with Crippen molar-refractivity contribution in [1.29, 1.82) is 0 Å². The molecule has 0 aliphatic carbocycles. The highest BCUT2D eigenvalue weighted by molar-refractivity contribution is 5.42. The van der Waals surface area contributed by atoms with Crippen molar-refractivity contribution in [2.75, 3.05) is 23.4 Å². The SMILES string of the molecule is NNc1nccc(N2CCCC(O)(C(F)(F)F)CC2)n1. The fourth-order valence-electron chi connectivity index (χ4n) is 2.23. The van der Waals surface area contributed by atoms with E-state index in [1.165, 1.54) is 6.20 Å². The van der Waals surface area contributed by atoms with Crippen molar-refractivity contribution in [3.63, 3.8) is 0 Å². The molecule has 1 aliphatic heterocycles. The number of hydrazine groups is 1. The number of halogens is 3. The highest BCUT2D eigenvalue weighted by atomic mass is 19.4. The minimum absolute atomic E-state index is 0.0665. The predicted molar refractivity (Wildman–Crippen MR) is 66.9 cm³/mol. The van der Waals surface area contributed by atoms with Crippen LogP contribution in [0.3, 0.4) is 0 Å². The van der Waals surface area contributed by atoms with Gasteiger partial charge in [-0.1, -0.05) is 0 Å². The number of aliphatic hydroxyl groups is 1. The summed E-state index contributed by atoms with van der Waals surface area (Å²) in [4.78, 5) is 9.61. The lowest BCUT2D eigenvalue weighted by Crippen LogP contribution is -2.45. The number of alkyl halides is 3. The number of hydrogen-bond acceptors (Lipinski definition) is 6. The first-order chi connectivity index (χ1) is 9.36. The first-order valence-corrected chi connectivity index (χ1v) is 6.19. The van der Waals surface area contributed by atoms with E-state index in [-0.39, 0.29) is 31.8 Å². The van der Waals surface area contributed by atoms with Gasteiger partial charge in [-0.3, -0.25) is 5.43 Å². The molecule has 1 saturated heterocycles. The normalized spacial score (nSPS) is 24.4. The number of nitrogens with one attached hydrogen (secondary N) is 1. The average Bonchev–Trinajstić information content (AvgIpc) is 2.61. The van der Waals surface area contributed by atoms with Crippen molar-refractivity contribution >= 4 is 11.8 Å². The van der Waals surface area contributed by atoms with E-state index >= 15 is 0 Å². The smallest absolute Gasteiger partial charge is 0.380 e. The minimum atomic E-state index is -4.61. The van der Waals surface area contributed by atoms with E-state index in [1.54, 1.807) is 11.0 Å². The van der Waals surface area contributed by atoms with Crippen LogP contribution in [0.15, 0.2) is 12.3 Å². The number of aromatic nitrogens is 2. The molecule has 1 atom stereocenters. The zero-order valence-corrected chi connectivity index (χ0v) is 10.7. The summed E-state index contributed by atoms with van der Waals surface area (Å²) in [7, 11) is 0. The molecule has 2 heterocycles. The molecule has 0 bridgehead atoms. The molecular weight excluding hydrogens is 275 g/mol. The molecule has 0 spiro atoms. The van der Waals surface area contributed by atoms with E-state index in [9.17, 15) is 18.3 Å². The summed E-state index contributed by atoms with van der Waals surface area (Å²) in [6.45, 7) is 0.455. The largest absolute Gasteiger partial charge is 0.417 e. The lowest BCUT2D eigenvalue weighted by atomic mass is 9.94. The molecule has 0 amide bonds. The molecule has 1 unspecified atom stereocenters. The second-order valence-electron chi connectivity index (χ2n) is 4.75. The first kappa shape index (κ1) is 14.8. The van der Waals surface area contributed by atoms with Gasteiger partial charge in [0.1, 0.15) is 5.82 Å². The Morgan fingerprint density at radius 3 is 2.75 bits per heavy atom. The number of hydrogen-bond donors (Lipinski definition) is 3. The molecular formula is C11H16F3N5O. The summed E-state index contributed by atoms with van der Waals surface area (Å²) in [6, 6.07) is 1.60. The maximum Gasteiger partial charge on any atom is 0.417 e. The van der Waals surface area contributed by atoms with Gasteiger partial charge in [-0.2, -0.15) is 18.2 Å².